The largest absolute Gasteiger partial charge is 0.379 e. The number of pyridine rings is 1. The Morgan fingerprint density at radius 3 is 2.44 bits per heavy atom. The van der Waals surface area contributed by atoms with Gasteiger partial charge in [0, 0.05) is 36.1 Å². The van der Waals surface area contributed by atoms with E-state index in [0.717, 1.165) is 5.56 Å². The van der Waals surface area contributed by atoms with Crippen molar-refractivity contribution in [2.24, 2.45) is 0 Å². The number of nitrogens with one attached hydrogen (secondary N) is 1. The lowest BCUT2D eigenvalue weighted by Gasteiger charge is -2.27. The molecule has 1 amide bonds. The summed E-state index contributed by atoms with van der Waals surface area (Å²) < 4.78 is 32.4. The van der Waals surface area contributed by atoms with Crippen LogP contribution < -0.4 is 10.2 Å². The Balaban J connectivity index is 1.44. The molecule has 1 aromatic heterocycles. The van der Waals surface area contributed by atoms with Crippen LogP contribution in [0.4, 0.5) is 11.4 Å². The first-order valence-corrected chi connectivity index (χ1v) is 11.8. The molecule has 2 aliphatic heterocycles. The highest BCUT2D eigenvalue weighted by atomic mass is 32.2. The second-order valence-electron chi connectivity index (χ2n) is 7.56. The summed E-state index contributed by atoms with van der Waals surface area (Å²) in [5.74, 6) is -0.113. The number of hydrogen-bond donors (Lipinski definition) is 1. The van der Waals surface area contributed by atoms with Gasteiger partial charge in [0.1, 0.15) is 6.17 Å². The van der Waals surface area contributed by atoms with Crippen molar-refractivity contribution in [1.82, 2.24) is 9.29 Å². The molecule has 0 unspecified atom stereocenters. The van der Waals surface area contributed by atoms with Crippen LogP contribution in [-0.2, 0) is 14.8 Å². The molecule has 3 aromatic rings. The van der Waals surface area contributed by atoms with Crippen LogP contribution in [0.25, 0.3) is 0 Å². The Labute approximate surface area is 186 Å². The summed E-state index contributed by atoms with van der Waals surface area (Å²) in [4.78, 5) is 19.2. The number of hydrogen-bond acceptors (Lipinski definition) is 6. The molecular weight excluding hydrogens is 428 g/mol. The number of carbonyl (C=O) groups excluding carboxylic acids is 1. The molecular formula is C23H22N4O4S. The molecule has 5 rings (SSSR count). The van der Waals surface area contributed by atoms with Crippen molar-refractivity contribution < 1.29 is 17.9 Å². The van der Waals surface area contributed by atoms with E-state index in [4.69, 9.17) is 4.74 Å². The maximum absolute atomic E-state index is 13.1. The highest BCUT2D eigenvalue weighted by molar-refractivity contribution is 7.89. The van der Waals surface area contributed by atoms with Gasteiger partial charge in [-0.3, -0.25) is 14.7 Å². The lowest BCUT2D eigenvalue weighted by molar-refractivity contribution is 0.0730. The first-order chi connectivity index (χ1) is 15.6. The van der Waals surface area contributed by atoms with Crippen molar-refractivity contribution in [2.75, 3.05) is 36.5 Å². The van der Waals surface area contributed by atoms with Crippen molar-refractivity contribution in [3.05, 3.63) is 84.2 Å². The van der Waals surface area contributed by atoms with E-state index in [1.54, 1.807) is 53.7 Å². The lowest BCUT2D eigenvalue weighted by Crippen LogP contribution is -2.40. The van der Waals surface area contributed by atoms with Crippen LogP contribution in [-0.4, -0.2) is 49.9 Å². The highest BCUT2D eigenvalue weighted by Gasteiger charge is 2.37. The average Bonchev–Trinajstić information content (AvgIpc) is 3.12. The fraction of sp³-hybridized carbons (Fsp3) is 0.217. The van der Waals surface area contributed by atoms with Gasteiger partial charge in [0.25, 0.3) is 5.91 Å². The molecule has 0 spiro atoms. The molecule has 1 N–H and O–H groups in total. The number of aromatic nitrogens is 1. The topological polar surface area (TPSA) is 91.8 Å². The number of anilines is 2. The van der Waals surface area contributed by atoms with Crippen LogP contribution in [0, 0.1) is 0 Å². The van der Waals surface area contributed by atoms with Crippen LogP contribution in [0.3, 0.4) is 0 Å². The Bertz CT molecular complexity index is 1230. The van der Waals surface area contributed by atoms with Gasteiger partial charge in [-0.2, -0.15) is 4.31 Å². The average molecular weight is 451 g/mol. The van der Waals surface area contributed by atoms with E-state index in [9.17, 15) is 13.2 Å². The van der Waals surface area contributed by atoms with Crippen molar-refractivity contribution in [3.8, 4) is 0 Å². The first-order valence-electron chi connectivity index (χ1n) is 10.3. The van der Waals surface area contributed by atoms with Gasteiger partial charge in [-0.15, -0.1) is 0 Å². The fourth-order valence-electron chi connectivity index (χ4n) is 4.04. The summed E-state index contributed by atoms with van der Waals surface area (Å²) in [7, 11) is -3.56. The number of ether oxygens (including phenoxy) is 1. The van der Waals surface area contributed by atoms with Crippen molar-refractivity contribution in [2.45, 2.75) is 11.1 Å². The van der Waals surface area contributed by atoms with E-state index in [-0.39, 0.29) is 10.8 Å². The van der Waals surface area contributed by atoms with Crippen molar-refractivity contribution in [3.63, 3.8) is 0 Å². The molecule has 9 heteroatoms. The van der Waals surface area contributed by atoms with Gasteiger partial charge in [0.05, 0.1) is 30.0 Å². The van der Waals surface area contributed by atoms with E-state index in [0.29, 0.717) is 43.2 Å². The molecule has 164 valence electrons. The molecule has 2 aromatic carbocycles. The van der Waals surface area contributed by atoms with Gasteiger partial charge in [0.15, 0.2) is 0 Å². The Hall–Kier alpha value is -3.27. The zero-order valence-corrected chi connectivity index (χ0v) is 18.0. The molecule has 1 atom stereocenters. The Morgan fingerprint density at radius 1 is 0.969 bits per heavy atom. The van der Waals surface area contributed by atoms with Crippen LogP contribution in [0.5, 0.6) is 0 Å². The maximum Gasteiger partial charge on any atom is 0.260 e. The zero-order chi connectivity index (χ0) is 22.1. The first kappa shape index (κ1) is 20.6. The molecule has 2 aliphatic rings. The third-order valence-electron chi connectivity index (χ3n) is 5.65. The van der Waals surface area contributed by atoms with Crippen LogP contribution in [0.1, 0.15) is 22.1 Å². The predicted molar refractivity (Wildman–Crippen MR) is 120 cm³/mol. The number of fused-ring (bicyclic) bond motifs is 1. The number of rotatable bonds is 5. The van der Waals surface area contributed by atoms with Gasteiger partial charge in [-0.25, -0.2) is 8.42 Å². The minimum Gasteiger partial charge on any atom is -0.379 e. The van der Waals surface area contributed by atoms with Crippen LogP contribution in [0.2, 0.25) is 0 Å². The summed E-state index contributed by atoms with van der Waals surface area (Å²) in [6.07, 6.45) is 2.87. The molecule has 32 heavy (non-hydrogen) atoms. The second kappa shape index (κ2) is 8.34. The summed E-state index contributed by atoms with van der Waals surface area (Å²) in [5, 5.41) is 3.38. The Morgan fingerprint density at radius 2 is 1.72 bits per heavy atom. The molecule has 3 heterocycles. The summed E-state index contributed by atoms with van der Waals surface area (Å²) in [5.41, 5.74) is 2.86. The van der Waals surface area contributed by atoms with E-state index >= 15 is 0 Å². The van der Waals surface area contributed by atoms with E-state index in [2.05, 4.69) is 10.3 Å². The maximum atomic E-state index is 13.1. The zero-order valence-electron chi connectivity index (χ0n) is 17.2. The quantitative estimate of drug-likeness (QED) is 0.643. The summed E-state index contributed by atoms with van der Waals surface area (Å²) >= 11 is 0. The molecule has 1 fully saturated rings. The highest BCUT2D eigenvalue weighted by Crippen LogP contribution is 2.37. The standard InChI is InChI=1S/C23H22N4O4S/c28-23-21-6-2-1-5-20(21)22(27(23)18-4-3-11-24-16-18)25-17-7-9-19(10-8-17)32(29,30)26-12-14-31-15-13-26/h1-11,16,22,25H,12-15H2/t22-/m1/s1. The Kier molecular flexibility index (Phi) is 5.38. The van der Waals surface area contributed by atoms with Gasteiger partial charge >= 0.3 is 0 Å². The predicted octanol–water partition coefficient (Wildman–Crippen LogP) is 2.87. The number of amides is 1. The third kappa shape index (κ3) is 3.64. The van der Waals surface area contributed by atoms with Crippen molar-refractivity contribution >= 4 is 27.3 Å². The van der Waals surface area contributed by atoms with Gasteiger partial charge in [-0.1, -0.05) is 18.2 Å². The molecule has 0 saturated carbocycles. The summed E-state index contributed by atoms with van der Waals surface area (Å²) in [6.45, 7) is 1.50. The number of sulfonamides is 1. The molecule has 0 radical (unpaired) electrons. The lowest BCUT2D eigenvalue weighted by atomic mass is 10.1. The summed E-state index contributed by atoms with van der Waals surface area (Å²) in [6, 6.07) is 17.7. The van der Waals surface area contributed by atoms with Crippen molar-refractivity contribution in [1.29, 1.82) is 0 Å². The van der Waals surface area contributed by atoms with E-state index < -0.39 is 16.2 Å². The minimum absolute atomic E-state index is 0.113. The van der Waals surface area contributed by atoms with Gasteiger partial charge in [-0.05, 0) is 42.5 Å². The number of morpholine rings is 1. The number of carbonyl (C=O) groups is 1. The molecule has 8 nitrogen and oxygen atoms in total. The van der Waals surface area contributed by atoms with Crippen LogP contribution >= 0.6 is 0 Å². The monoisotopic (exact) mass is 450 g/mol. The van der Waals surface area contributed by atoms with Gasteiger partial charge in [0.2, 0.25) is 10.0 Å². The minimum atomic E-state index is -3.56. The fourth-order valence-corrected chi connectivity index (χ4v) is 5.45. The van der Waals surface area contributed by atoms with Crippen LogP contribution in [0.15, 0.2) is 78.0 Å². The van der Waals surface area contributed by atoms with E-state index in [1.165, 1.54) is 4.31 Å². The molecule has 0 bridgehead atoms. The normalized spacial score (nSPS) is 19.1. The third-order valence-corrected chi connectivity index (χ3v) is 7.57. The molecule has 0 aliphatic carbocycles. The number of benzene rings is 2. The number of nitrogens with zero attached hydrogens (tertiary/aromatic N) is 3. The van der Waals surface area contributed by atoms with Gasteiger partial charge < -0.3 is 10.1 Å². The SMILES string of the molecule is O=C1c2ccccc2[C@H](Nc2ccc(S(=O)(=O)N3CCOCC3)cc2)N1c1cccnc1. The molecule has 1 saturated heterocycles. The second-order valence-corrected chi connectivity index (χ2v) is 9.50. The smallest absolute Gasteiger partial charge is 0.260 e. The van der Waals surface area contributed by atoms with E-state index in [1.807, 2.05) is 24.3 Å².